The first-order chi connectivity index (χ1) is 3.31. The van der Waals surface area contributed by atoms with Gasteiger partial charge in [0.25, 0.3) is 0 Å². The minimum atomic E-state index is -0.634. The molecule has 0 saturated carbocycles. The van der Waals surface area contributed by atoms with Crippen molar-refractivity contribution in [2.75, 3.05) is 5.33 Å². The molecule has 0 saturated heterocycles. The molecule has 0 amide bonds. The fourth-order valence-corrected chi connectivity index (χ4v) is 0.714. The molecule has 7 heavy (non-hydrogen) atoms. The van der Waals surface area contributed by atoms with Crippen LogP contribution in [0.3, 0.4) is 0 Å². The van der Waals surface area contributed by atoms with Gasteiger partial charge in [-0.15, -0.1) is 0 Å². The molecule has 0 aliphatic heterocycles. The zero-order valence-corrected chi connectivity index (χ0v) is 6.04. The van der Waals surface area contributed by atoms with Crippen molar-refractivity contribution in [3.63, 3.8) is 0 Å². The third-order valence-electron chi connectivity index (χ3n) is 0.769. The molecule has 0 rings (SSSR count). The van der Waals surface area contributed by atoms with E-state index in [-0.39, 0.29) is 0 Å². The van der Waals surface area contributed by atoms with Crippen LogP contribution in [0.15, 0.2) is 0 Å². The minimum Gasteiger partial charge on any atom is -0.247 e. The van der Waals surface area contributed by atoms with Gasteiger partial charge in [-0.05, 0) is 6.42 Å². The molecule has 0 spiro atoms. The zero-order chi connectivity index (χ0) is 5.70. The van der Waals surface area contributed by atoms with Crippen molar-refractivity contribution < 1.29 is 4.39 Å². The van der Waals surface area contributed by atoms with Crippen molar-refractivity contribution in [2.45, 2.75) is 25.9 Å². The quantitative estimate of drug-likeness (QED) is 0.569. The number of alkyl halides is 2. The fraction of sp³-hybridized carbons (Fsp3) is 1.00. The number of rotatable bonds is 3. The second-order valence-corrected chi connectivity index (χ2v) is 2.19. The molecule has 0 nitrogen and oxygen atoms in total. The lowest BCUT2D eigenvalue weighted by atomic mass is 10.2. The molecule has 0 unspecified atom stereocenters. The molecule has 0 fully saturated rings. The minimum absolute atomic E-state index is 0.487. The van der Waals surface area contributed by atoms with Gasteiger partial charge in [0.2, 0.25) is 0 Å². The van der Waals surface area contributed by atoms with Crippen molar-refractivity contribution in [1.29, 1.82) is 0 Å². The molecule has 0 N–H and O–H groups in total. The largest absolute Gasteiger partial charge is 0.247 e. The van der Waals surface area contributed by atoms with Gasteiger partial charge >= 0.3 is 0 Å². The molecule has 0 aromatic heterocycles. The maximum absolute atomic E-state index is 12.1. The summed E-state index contributed by atoms with van der Waals surface area (Å²) >= 11 is 3.04. The number of hydrogen-bond acceptors (Lipinski definition) is 0. The highest BCUT2D eigenvalue weighted by Gasteiger charge is 1.98. The lowest BCUT2D eigenvalue weighted by Gasteiger charge is -1.97. The average Bonchev–Trinajstić information content (AvgIpc) is 1.68. The molecular formula is C5H10BrF. The average molecular weight is 169 g/mol. The van der Waals surface area contributed by atoms with Gasteiger partial charge in [-0.25, -0.2) is 4.39 Å². The Morgan fingerprint density at radius 1 is 1.71 bits per heavy atom. The lowest BCUT2D eigenvalue weighted by molar-refractivity contribution is 0.346. The van der Waals surface area contributed by atoms with Crippen LogP contribution >= 0.6 is 15.9 Å². The van der Waals surface area contributed by atoms with E-state index in [2.05, 4.69) is 15.9 Å². The second kappa shape index (κ2) is 4.57. The second-order valence-electron chi connectivity index (χ2n) is 1.54. The zero-order valence-electron chi connectivity index (χ0n) is 4.45. The third kappa shape index (κ3) is 4.26. The summed E-state index contributed by atoms with van der Waals surface area (Å²) in [4.78, 5) is 0. The van der Waals surface area contributed by atoms with Crippen LogP contribution in [-0.2, 0) is 0 Å². The fourth-order valence-electron chi connectivity index (χ4n) is 0.390. The van der Waals surface area contributed by atoms with Crippen LogP contribution < -0.4 is 0 Å². The number of halogens is 2. The van der Waals surface area contributed by atoms with E-state index in [1.54, 1.807) is 0 Å². The van der Waals surface area contributed by atoms with Gasteiger partial charge in [0, 0.05) is 5.33 Å². The molecular weight excluding hydrogens is 159 g/mol. The van der Waals surface area contributed by atoms with Crippen LogP contribution in [0.5, 0.6) is 0 Å². The summed E-state index contributed by atoms with van der Waals surface area (Å²) < 4.78 is 12.1. The molecule has 0 aliphatic carbocycles. The highest BCUT2D eigenvalue weighted by atomic mass is 79.9. The summed E-state index contributed by atoms with van der Waals surface area (Å²) in [7, 11) is 0. The Morgan fingerprint density at radius 2 is 2.29 bits per heavy atom. The predicted octanol–water partition coefficient (Wildman–Crippen LogP) is 2.52. The van der Waals surface area contributed by atoms with E-state index in [1.165, 1.54) is 0 Å². The van der Waals surface area contributed by atoms with Crippen molar-refractivity contribution in [1.82, 2.24) is 0 Å². The van der Waals surface area contributed by atoms with Crippen LogP contribution in [0.4, 0.5) is 4.39 Å². The lowest BCUT2D eigenvalue weighted by Crippen LogP contribution is -1.98. The SMILES string of the molecule is CCC[C@H](F)CBr. The molecule has 0 bridgehead atoms. The summed E-state index contributed by atoms with van der Waals surface area (Å²) in [5, 5.41) is 0.487. The Bertz CT molecular complexity index is 39.1. The van der Waals surface area contributed by atoms with Gasteiger partial charge in [-0.1, -0.05) is 29.3 Å². The highest BCUT2D eigenvalue weighted by molar-refractivity contribution is 9.09. The maximum Gasteiger partial charge on any atom is 0.110 e. The molecule has 2 heteroatoms. The summed E-state index contributed by atoms with van der Waals surface area (Å²) in [5.41, 5.74) is 0. The first-order valence-corrected chi connectivity index (χ1v) is 3.63. The molecule has 0 aliphatic rings. The smallest absolute Gasteiger partial charge is 0.110 e. The standard InChI is InChI=1S/C5H10BrF/c1-2-3-5(7)4-6/h5H,2-4H2,1H3/t5-/m0/s1. The Labute approximate surface area is 52.2 Å². The summed E-state index contributed by atoms with van der Waals surface area (Å²) in [5.74, 6) is 0. The molecule has 0 heterocycles. The van der Waals surface area contributed by atoms with Crippen LogP contribution in [0, 0.1) is 0 Å². The summed E-state index contributed by atoms with van der Waals surface area (Å²) in [6.45, 7) is 1.98. The van der Waals surface area contributed by atoms with Gasteiger partial charge in [0.15, 0.2) is 0 Å². The molecule has 0 aromatic rings. The molecule has 0 aromatic carbocycles. The maximum atomic E-state index is 12.1. The summed E-state index contributed by atoms with van der Waals surface area (Å²) in [6, 6.07) is 0. The van der Waals surface area contributed by atoms with Crippen LogP contribution in [0.25, 0.3) is 0 Å². The Balaban J connectivity index is 2.83. The Morgan fingerprint density at radius 3 is 2.43 bits per heavy atom. The van der Waals surface area contributed by atoms with E-state index < -0.39 is 6.17 Å². The Hall–Kier alpha value is 0.410. The molecule has 0 radical (unpaired) electrons. The molecule has 44 valence electrons. The van der Waals surface area contributed by atoms with Crippen LogP contribution in [0.1, 0.15) is 19.8 Å². The van der Waals surface area contributed by atoms with Gasteiger partial charge in [-0.3, -0.25) is 0 Å². The van der Waals surface area contributed by atoms with Crippen molar-refractivity contribution in [2.24, 2.45) is 0 Å². The van der Waals surface area contributed by atoms with Crippen molar-refractivity contribution in [3.8, 4) is 0 Å². The van der Waals surface area contributed by atoms with E-state index >= 15 is 0 Å². The molecule has 1 atom stereocenters. The van der Waals surface area contributed by atoms with Crippen LogP contribution in [-0.4, -0.2) is 11.5 Å². The van der Waals surface area contributed by atoms with E-state index in [4.69, 9.17) is 0 Å². The van der Waals surface area contributed by atoms with Gasteiger partial charge in [0.05, 0.1) is 0 Å². The van der Waals surface area contributed by atoms with E-state index in [0.717, 1.165) is 6.42 Å². The third-order valence-corrected chi connectivity index (χ3v) is 1.47. The number of hydrogen-bond donors (Lipinski definition) is 0. The van der Waals surface area contributed by atoms with Gasteiger partial charge < -0.3 is 0 Å². The first kappa shape index (κ1) is 7.41. The monoisotopic (exact) mass is 168 g/mol. The van der Waals surface area contributed by atoms with Crippen molar-refractivity contribution in [3.05, 3.63) is 0 Å². The topological polar surface area (TPSA) is 0 Å². The summed E-state index contributed by atoms with van der Waals surface area (Å²) in [6.07, 6.45) is 0.989. The first-order valence-electron chi connectivity index (χ1n) is 2.51. The van der Waals surface area contributed by atoms with Crippen LogP contribution in [0.2, 0.25) is 0 Å². The van der Waals surface area contributed by atoms with E-state index in [9.17, 15) is 4.39 Å². The van der Waals surface area contributed by atoms with Gasteiger partial charge in [-0.2, -0.15) is 0 Å². The highest BCUT2D eigenvalue weighted by Crippen LogP contribution is 2.03. The van der Waals surface area contributed by atoms with Gasteiger partial charge in [0.1, 0.15) is 6.17 Å². The normalized spacial score (nSPS) is 14.1. The Kier molecular flexibility index (Phi) is 4.83. The van der Waals surface area contributed by atoms with Crippen molar-refractivity contribution >= 4 is 15.9 Å². The predicted molar refractivity (Wildman–Crippen MR) is 33.6 cm³/mol. The van der Waals surface area contributed by atoms with E-state index in [1.807, 2.05) is 6.92 Å². The van der Waals surface area contributed by atoms with E-state index in [0.29, 0.717) is 11.8 Å².